The van der Waals surface area contributed by atoms with Crippen LogP contribution in [-0.4, -0.2) is 42.6 Å². The van der Waals surface area contributed by atoms with Crippen molar-refractivity contribution >= 4 is 43.6 Å². The Labute approximate surface area is 229 Å². The number of pyridine rings is 1. The third-order valence-corrected chi connectivity index (χ3v) is 8.34. The second-order valence-corrected chi connectivity index (χ2v) is 10.8. The van der Waals surface area contributed by atoms with Gasteiger partial charge in [0.2, 0.25) is 0 Å². The zero-order valence-corrected chi connectivity index (χ0v) is 22.4. The normalized spacial score (nSPS) is 11.3. The van der Waals surface area contributed by atoms with Crippen LogP contribution in [0.5, 0.6) is 0 Å². The van der Waals surface area contributed by atoms with E-state index in [-0.39, 0.29) is 33.8 Å². The van der Waals surface area contributed by atoms with E-state index in [2.05, 4.69) is 16.0 Å². The summed E-state index contributed by atoms with van der Waals surface area (Å²) in [7, 11) is -1.50. The Bertz CT molecular complexity index is 1970. The summed E-state index contributed by atoms with van der Waals surface area (Å²) in [6, 6.07) is 21.8. The van der Waals surface area contributed by atoms with Gasteiger partial charge >= 0.3 is 5.97 Å². The highest BCUT2D eigenvalue weighted by Crippen LogP contribution is 2.30. The largest absolute Gasteiger partial charge is 0.468 e. The third-order valence-electron chi connectivity index (χ3n) is 6.53. The summed E-state index contributed by atoms with van der Waals surface area (Å²) < 4.78 is 35.2. The Balaban J connectivity index is 1.64. The molecule has 0 N–H and O–H groups in total. The van der Waals surface area contributed by atoms with Crippen molar-refractivity contribution < 1.29 is 17.9 Å². The molecule has 5 rings (SSSR count). The van der Waals surface area contributed by atoms with E-state index in [9.17, 15) is 18.0 Å². The van der Waals surface area contributed by atoms with Crippen LogP contribution in [0.3, 0.4) is 0 Å². The molecule has 0 amide bonds. The fourth-order valence-electron chi connectivity index (χ4n) is 4.44. The number of nitriles is 1. The lowest BCUT2D eigenvalue weighted by Crippen LogP contribution is -2.36. The second kappa shape index (κ2) is 10.6. The minimum absolute atomic E-state index is 0.0653. The standard InChI is InChI=1S/C29H23N5O5S/c1-33-25-13-12-22(16-23(25)32-24(29(33)36)15-19-8-10-20(17-30)11-9-19)34(18-27(35)39-2)40(37,38)26-7-3-5-21-6-4-14-31-28(21)26/h3-14,16H,15,18H2,1-2H3. The molecule has 2 heterocycles. The molecule has 0 unspecified atom stereocenters. The van der Waals surface area contributed by atoms with Gasteiger partial charge in [-0.15, -0.1) is 0 Å². The molecule has 5 aromatic rings. The van der Waals surface area contributed by atoms with Crippen molar-refractivity contribution in [1.82, 2.24) is 14.5 Å². The van der Waals surface area contributed by atoms with E-state index in [0.29, 0.717) is 22.0 Å². The molecule has 0 fully saturated rings. The molecule has 11 heteroatoms. The van der Waals surface area contributed by atoms with Gasteiger partial charge in [0.15, 0.2) is 0 Å². The number of rotatable bonds is 7. The maximum absolute atomic E-state index is 14.0. The number of para-hydroxylation sites is 1. The van der Waals surface area contributed by atoms with Crippen LogP contribution in [0.4, 0.5) is 5.69 Å². The number of benzene rings is 3. The average molecular weight is 554 g/mol. The summed E-state index contributed by atoms with van der Waals surface area (Å²) in [5, 5.41) is 9.67. The number of carbonyl (C=O) groups excluding carboxylic acids is 1. The smallest absolute Gasteiger partial charge is 0.326 e. The van der Waals surface area contributed by atoms with Crippen molar-refractivity contribution in [2.45, 2.75) is 11.3 Å². The molecule has 0 aliphatic rings. The number of fused-ring (bicyclic) bond motifs is 2. The summed E-state index contributed by atoms with van der Waals surface area (Å²) in [6.45, 7) is -0.586. The van der Waals surface area contributed by atoms with Crippen molar-refractivity contribution in [3.05, 3.63) is 106 Å². The molecule has 0 saturated carbocycles. The van der Waals surface area contributed by atoms with E-state index in [1.807, 2.05) is 0 Å². The van der Waals surface area contributed by atoms with Gasteiger partial charge in [-0.2, -0.15) is 5.26 Å². The number of anilines is 1. The van der Waals surface area contributed by atoms with Gasteiger partial charge in [-0.3, -0.25) is 18.9 Å². The molecule has 40 heavy (non-hydrogen) atoms. The number of aromatic nitrogens is 3. The monoisotopic (exact) mass is 553 g/mol. The van der Waals surface area contributed by atoms with Crippen LogP contribution >= 0.6 is 0 Å². The number of carbonyl (C=O) groups is 1. The second-order valence-electron chi connectivity index (χ2n) is 9.00. The lowest BCUT2D eigenvalue weighted by atomic mass is 10.1. The number of esters is 1. The van der Waals surface area contributed by atoms with E-state index in [1.165, 1.54) is 36.1 Å². The average Bonchev–Trinajstić information content (AvgIpc) is 2.98. The fraction of sp³-hybridized carbons (Fsp3) is 0.138. The highest BCUT2D eigenvalue weighted by atomic mass is 32.2. The molecular formula is C29H23N5O5S. The van der Waals surface area contributed by atoms with E-state index >= 15 is 0 Å². The van der Waals surface area contributed by atoms with Gasteiger partial charge in [-0.05, 0) is 48.0 Å². The summed E-state index contributed by atoms with van der Waals surface area (Å²) in [5.74, 6) is -0.758. The van der Waals surface area contributed by atoms with E-state index < -0.39 is 22.5 Å². The van der Waals surface area contributed by atoms with Gasteiger partial charge in [0.05, 0.1) is 41.0 Å². The maximum atomic E-state index is 14.0. The molecule has 0 aliphatic heterocycles. The summed E-state index contributed by atoms with van der Waals surface area (Å²) in [5.41, 5.74) is 2.53. The number of hydrogen-bond acceptors (Lipinski definition) is 8. The van der Waals surface area contributed by atoms with Gasteiger partial charge in [-0.1, -0.05) is 30.3 Å². The van der Waals surface area contributed by atoms with Crippen LogP contribution in [0.2, 0.25) is 0 Å². The van der Waals surface area contributed by atoms with Crippen LogP contribution in [-0.2, 0) is 33.0 Å². The maximum Gasteiger partial charge on any atom is 0.326 e. The predicted molar refractivity (Wildman–Crippen MR) is 149 cm³/mol. The van der Waals surface area contributed by atoms with Gasteiger partial charge in [0.1, 0.15) is 17.1 Å². The van der Waals surface area contributed by atoms with Crippen molar-refractivity contribution in [1.29, 1.82) is 5.26 Å². The molecule has 0 spiro atoms. The lowest BCUT2D eigenvalue weighted by molar-refractivity contribution is -0.138. The van der Waals surface area contributed by atoms with Gasteiger partial charge < -0.3 is 9.30 Å². The zero-order chi connectivity index (χ0) is 28.4. The number of hydrogen-bond donors (Lipinski definition) is 0. The molecule has 10 nitrogen and oxygen atoms in total. The van der Waals surface area contributed by atoms with Gasteiger partial charge in [0, 0.05) is 25.1 Å². The third kappa shape index (κ3) is 4.88. The minimum Gasteiger partial charge on any atom is -0.468 e. The first-order chi connectivity index (χ1) is 19.2. The summed E-state index contributed by atoms with van der Waals surface area (Å²) >= 11 is 0. The zero-order valence-electron chi connectivity index (χ0n) is 21.6. The number of nitrogens with zero attached hydrogens (tertiary/aromatic N) is 5. The van der Waals surface area contributed by atoms with Crippen molar-refractivity contribution in [2.24, 2.45) is 7.05 Å². The van der Waals surface area contributed by atoms with Crippen LogP contribution in [0.25, 0.3) is 21.9 Å². The lowest BCUT2D eigenvalue weighted by Gasteiger charge is -2.24. The molecule has 0 saturated heterocycles. The number of sulfonamides is 1. The summed E-state index contributed by atoms with van der Waals surface area (Å²) in [6.07, 6.45) is 1.71. The Kier molecular flexibility index (Phi) is 7.02. The van der Waals surface area contributed by atoms with Crippen LogP contribution in [0.1, 0.15) is 16.8 Å². The molecule has 0 bridgehead atoms. The highest BCUT2D eigenvalue weighted by Gasteiger charge is 2.30. The van der Waals surface area contributed by atoms with E-state index in [0.717, 1.165) is 9.87 Å². The summed E-state index contributed by atoms with van der Waals surface area (Å²) in [4.78, 5) is 34.2. The fourth-order valence-corrected chi connectivity index (χ4v) is 6.01. The van der Waals surface area contributed by atoms with Crippen LogP contribution < -0.4 is 9.86 Å². The molecule has 2 aromatic heterocycles. The van der Waals surface area contributed by atoms with Crippen LogP contribution in [0, 0.1) is 11.3 Å². The first kappa shape index (κ1) is 26.5. The van der Waals surface area contributed by atoms with Crippen molar-refractivity contribution in [3.8, 4) is 6.07 Å². The van der Waals surface area contributed by atoms with Gasteiger partial charge in [-0.25, -0.2) is 13.4 Å². The predicted octanol–water partition coefficient (Wildman–Crippen LogP) is 3.31. The first-order valence-corrected chi connectivity index (χ1v) is 13.6. The molecule has 0 aliphatic carbocycles. The number of methoxy groups -OCH3 is 1. The number of aryl methyl sites for hydroxylation is 1. The molecule has 200 valence electrons. The Morgan fingerprint density at radius 1 is 1.07 bits per heavy atom. The van der Waals surface area contributed by atoms with Crippen LogP contribution in [0.15, 0.2) is 88.7 Å². The minimum atomic E-state index is -4.29. The van der Waals surface area contributed by atoms with Gasteiger partial charge in [0.25, 0.3) is 15.6 Å². The highest BCUT2D eigenvalue weighted by molar-refractivity contribution is 7.93. The topological polar surface area (TPSA) is 135 Å². The quantitative estimate of drug-likeness (QED) is 0.280. The Hall–Kier alpha value is -5.08. The molecule has 0 radical (unpaired) electrons. The Morgan fingerprint density at radius 3 is 2.55 bits per heavy atom. The SMILES string of the molecule is COC(=O)CN(c1ccc2c(c1)nc(Cc1ccc(C#N)cc1)c(=O)n2C)S(=O)(=O)c1cccc2cccnc12. The Morgan fingerprint density at radius 2 is 1.82 bits per heavy atom. The molecule has 3 aromatic carbocycles. The van der Waals surface area contributed by atoms with Crippen molar-refractivity contribution in [2.75, 3.05) is 18.0 Å². The molecule has 0 atom stereocenters. The molecular weight excluding hydrogens is 530 g/mol. The van der Waals surface area contributed by atoms with E-state index in [1.54, 1.807) is 61.6 Å². The number of ether oxygens (including phenoxy) is 1. The van der Waals surface area contributed by atoms with Crippen molar-refractivity contribution in [3.63, 3.8) is 0 Å². The first-order valence-electron chi connectivity index (χ1n) is 12.1. The van der Waals surface area contributed by atoms with E-state index in [4.69, 9.17) is 10.00 Å².